The first-order chi connectivity index (χ1) is 12.7. The monoisotopic (exact) mass is 350 g/mol. The first-order valence-electron chi connectivity index (χ1n) is 7.71. The summed E-state index contributed by atoms with van der Waals surface area (Å²) in [4.78, 5) is 20.5. The van der Waals surface area contributed by atoms with Gasteiger partial charge in [-0.1, -0.05) is 12.1 Å². The molecule has 0 aliphatic rings. The van der Waals surface area contributed by atoms with Gasteiger partial charge in [-0.05, 0) is 42.0 Å². The van der Waals surface area contributed by atoms with Crippen LogP contribution in [0.25, 0.3) is 11.3 Å². The van der Waals surface area contributed by atoms with Gasteiger partial charge in [0.2, 0.25) is 0 Å². The van der Waals surface area contributed by atoms with Crippen LogP contribution in [0.4, 0.5) is 4.39 Å². The summed E-state index contributed by atoms with van der Waals surface area (Å²) in [5, 5.41) is 3.84. The van der Waals surface area contributed by atoms with Crippen molar-refractivity contribution in [1.82, 2.24) is 15.4 Å². The van der Waals surface area contributed by atoms with Crippen molar-refractivity contribution in [3.63, 3.8) is 0 Å². The predicted molar refractivity (Wildman–Crippen MR) is 95.5 cm³/mol. The fourth-order valence-electron chi connectivity index (χ4n) is 2.15. The molecule has 3 rings (SSSR count). The van der Waals surface area contributed by atoms with Gasteiger partial charge >= 0.3 is 0 Å². The van der Waals surface area contributed by atoms with E-state index >= 15 is 0 Å². The molecule has 1 N–H and O–H groups in total. The minimum absolute atomic E-state index is 0.134. The minimum Gasteiger partial charge on any atom is -0.497 e. The largest absolute Gasteiger partial charge is 0.497 e. The Balaban J connectivity index is 1.70. The second-order valence-electron chi connectivity index (χ2n) is 5.27. The average molecular weight is 350 g/mol. The number of carbonyl (C=O) groups excluding carboxylic acids is 1. The van der Waals surface area contributed by atoms with Crippen molar-refractivity contribution < 1.29 is 13.9 Å². The van der Waals surface area contributed by atoms with Gasteiger partial charge in [-0.3, -0.25) is 9.78 Å². The van der Waals surface area contributed by atoms with Gasteiger partial charge in [0.05, 0.1) is 31.4 Å². The Hall–Kier alpha value is -3.61. The van der Waals surface area contributed by atoms with E-state index in [0.717, 1.165) is 11.3 Å². The highest BCUT2D eigenvalue weighted by molar-refractivity contribution is 5.93. The summed E-state index contributed by atoms with van der Waals surface area (Å²) in [6, 6.07) is 13.0. The number of hydrazone groups is 1. The molecule has 0 atom stereocenters. The van der Waals surface area contributed by atoms with Crippen molar-refractivity contribution in [3.8, 4) is 17.0 Å². The van der Waals surface area contributed by atoms with Crippen molar-refractivity contribution in [2.24, 2.45) is 5.10 Å². The molecule has 0 aliphatic heterocycles. The predicted octanol–water partition coefficient (Wildman–Crippen LogP) is 3.06. The number of rotatable bonds is 5. The van der Waals surface area contributed by atoms with Gasteiger partial charge in [0.25, 0.3) is 5.91 Å². The van der Waals surface area contributed by atoms with Crippen LogP contribution in [0.1, 0.15) is 16.1 Å². The number of amides is 1. The zero-order valence-electron chi connectivity index (χ0n) is 13.9. The molecule has 3 aromatic rings. The van der Waals surface area contributed by atoms with Crippen molar-refractivity contribution in [2.45, 2.75) is 0 Å². The number of ether oxygens (including phenoxy) is 1. The number of benzene rings is 2. The molecule has 1 heterocycles. The molecule has 26 heavy (non-hydrogen) atoms. The Bertz CT molecular complexity index is 925. The Morgan fingerprint density at radius 1 is 1.12 bits per heavy atom. The van der Waals surface area contributed by atoms with Gasteiger partial charge in [0.1, 0.15) is 17.3 Å². The fraction of sp³-hybridized carbons (Fsp3) is 0.0526. The number of nitrogens with one attached hydrogen (secondary N) is 1. The number of methoxy groups -OCH3 is 1. The zero-order chi connectivity index (χ0) is 18.4. The molecule has 0 bridgehead atoms. The van der Waals surface area contributed by atoms with Crippen LogP contribution in [0.3, 0.4) is 0 Å². The SMILES string of the molecule is COc1ccc(-c2cncc(C(=O)NN=Cc3ccc(F)cc3)n2)cc1. The average Bonchev–Trinajstić information content (AvgIpc) is 2.69. The number of nitrogens with zero attached hydrogens (tertiary/aromatic N) is 3. The van der Waals surface area contributed by atoms with Crippen LogP contribution in [0.15, 0.2) is 66.0 Å². The fourth-order valence-corrected chi connectivity index (χ4v) is 2.15. The summed E-state index contributed by atoms with van der Waals surface area (Å²) < 4.78 is 18.0. The van der Waals surface area contributed by atoms with Gasteiger partial charge in [0, 0.05) is 5.56 Å². The van der Waals surface area contributed by atoms with Crippen LogP contribution < -0.4 is 10.2 Å². The lowest BCUT2D eigenvalue weighted by Crippen LogP contribution is -2.19. The lowest BCUT2D eigenvalue weighted by Gasteiger charge is -2.04. The van der Waals surface area contributed by atoms with E-state index in [4.69, 9.17) is 4.74 Å². The standard InChI is InChI=1S/C19H15FN4O2/c1-26-16-8-4-14(5-9-16)17-11-21-12-18(23-17)19(25)24-22-10-13-2-6-15(20)7-3-13/h2-12H,1H3,(H,24,25). The van der Waals surface area contributed by atoms with Crippen LogP contribution in [-0.2, 0) is 0 Å². The number of carbonyl (C=O) groups is 1. The van der Waals surface area contributed by atoms with E-state index < -0.39 is 5.91 Å². The second-order valence-corrected chi connectivity index (χ2v) is 5.27. The first kappa shape index (κ1) is 17.2. The highest BCUT2D eigenvalue weighted by Gasteiger charge is 2.09. The number of hydrogen-bond acceptors (Lipinski definition) is 5. The molecule has 0 saturated heterocycles. The molecular formula is C19H15FN4O2. The van der Waals surface area contributed by atoms with E-state index in [1.54, 1.807) is 37.6 Å². The molecule has 0 spiro atoms. The van der Waals surface area contributed by atoms with Gasteiger partial charge in [-0.25, -0.2) is 14.8 Å². The maximum atomic E-state index is 12.8. The third-order valence-electron chi connectivity index (χ3n) is 3.50. The summed E-state index contributed by atoms with van der Waals surface area (Å²) in [6.07, 6.45) is 4.34. The van der Waals surface area contributed by atoms with E-state index in [2.05, 4.69) is 20.5 Å². The summed E-state index contributed by atoms with van der Waals surface area (Å²) >= 11 is 0. The summed E-state index contributed by atoms with van der Waals surface area (Å²) in [7, 11) is 1.59. The maximum Gasteiger partial charge on any atom is 0.291 e. The maximum absolute atomic E-state index is 12.8. The minimum atomic E-state index is -0.494. The van der Waals surface area contributed by atoms with Crippen molar-refractivity contribution in [1.29, 1.82) is 0 Å². The molecule has 0 aliphatic carbocycles. The lowest BCUT2D eigenvalue weighted by molar-refractivity contribution is 0.0950. The Labute approximate surface area is 149 Å². The molecule has 2 aromatic carbocycles. The Kier molecular flexibility index (Phi) is 5.28. The molecule has 1 amide bonds. The highest BCUT2D eigenvalue weighted by Crippen LogP contribution is 2.20. The molecule has 0 saturated carbocycles. The summed E-state index contributed by atoms with van der Waals surface area (Å²) in [6.45, 7) is 0. The van der Waals surface area contributed by atoms with Crippen molar-refractivity contribution >= 4 is 12.1 Å². The van der Waals surface area contributed by atoms with Gasteiger partial charge in [-0.15, -0.1) is 0 Å². The van der Waals surface area contributed by atoms with Gasteiger partial charge in [0.15, 0.2) is 0 Å². The van der Waals surface area contributed by atoms with E-state index in [1.807, 2.05) is 12.1 Å². The Morgan fingerprint density at radius 2 is 1.85 bits per heavy atom. The molecule has 6 nitrogen and oxygen atoms in total. The van der Waals surface area contributed by atoms with E-state index in [-0.39, 0.29) is 11.5 Å². The Morgan fingerprint density at radius 3 is 2.54 bits per heavy atom. The summed E-state index contributed by atoms with van der Waals surface area (Å²) in [5.74, 6) is -0.103. The molecule has 1 aromatic heterocycles. The van der Waals surface area contributed by atoms with E-state index in [1.165, 1.54) is 24.5 Å². The molecular weight excluding hydrogens is 335 g/mol. The number of aromatic nitrogens is 2. The number of hydrogen-bond donors (Lipinski definition) is 1. The second kappa shape index (κ2) is 7.98. The van der Waals surface area contributed by atoms with Gasteiger partial charge in [-0.2, -0.15) is 5.10 Å². The normalized spacial score (nSPS) is 10.7. The van der Waals surface area contributed by atoms with Gasteiger partial charge < -0.3 is 4.74 Å². The highest BCUT2D eigenvalue weighted by atomic mass is 19.1. The zero-order valence-corrected chi connectivity index (χ0v) is 13.9. The third kappa shape index (κ3) is 4.27. The van der Waals surface area contributed by atoms with Crippen LogP contribution in [0, 0.1) is 5.82 Å². The van der Waals surface area contributed by atoms with E-state index in [9.17, 15) is 9.18 Å². The molecule has 0 fully saturated rings. The van der Waals surface area contributed by atoms with Crippen LogP contribution in [-0.4, -0.2) is 29.2 Å². The van der Waals surface area contributed by atoms with Crippen LogP contribution in [0.5, 0.6) is 5.75 Å². The number of halogens is 1. The van der Waals surface area contributed by atoms with Crippen molar-refractivity contribution in [3.05, 3.63) is 78.0 Å². The topological polar surface area (TPSA) is 76.5 Å². The third-order valence-corrected chi connectivity index (χ3v) is 3.50. The molecule has 7 heteroatoms. The molecule has 0 radical (unpaired) electrons. The smallest absolute Gasteiger partial charge is 0.291 e. The lowest BCUT2D eigenvalue weighted by atomic mass is 10.1. The molecule has 130 valence electrons. The van der Waals surface area contributed by atoms with Crippen LogP contribution >= 0.6 is 0 Å². The summed E-state index contributed by atoms with van der Waals surface area (Å²) in [5.41, 5.74) is 4.53. The van der Waals surface area contributed by atoms with Crippen LogP contribution in [0.2, 0.25) is 0 Å². The van der Waals surface area contributed by atoms with E-state index in [0.29, 0.717) is 11.3 Å². The van der Waals surface area contributed by atoms with Crippen molar-refractivity contribution in [2.75, 3.05) is 7.11 Å². The first-order valence-corrected chi connectivity index (χ1v) is 7.71. The quantitative estimate of drug-likeness (QED) is 0.567. The molecule has 0 unspecified atom stereocenters.